The topological polar surface area (TPSA) is 54.4 Å². The standard InChI is InChI=1S/C5H8O3S.Na.H/c1-2-3-4-5-9(6,7)8;;/h1H,3-5H2,(H,6,7,8);;. The number of rotatable bonds is 3. The molecule has 0 amide bonds. The molecule has 0 aliphatic rings. The summed E-state index contributed by atoms with van der Waals surface area (Å²) in [6, 6.07) is 0. The zero-order valence-corrected chi connectivity index (χ0v) is 5.69. The van der Waals surface area contributed by atoms with E-state index in [4.69, 9.17) is 11.0 Å². The van der Waals surface area contributed by atoms with E-state index in [1.54, 1.807) is 0 Å². The zero-order valence-electron chi connectivity index (χ0n) is 4.87. The van der Waals surface area contributed by atoms with Crippen molar-refractivity contribution in [2.24, 2.45) is 0 Å². The molecule has 1 N–H and O–H groups in total. The van der Waals surface area contributed by atoms with Gasteiger partial charge in [0.05, 0.1) is 5.75 Å². The predicted octanol–water partition coefficient (Wildman–Crippen LogP) is -0.361. The summed E-state index contributed by atoms with van der Waals surface area (Å²) in [4.78, 5) is 0. The first-order valence-corrected chi connectivity index (χ1v) is 4.06. The van der Waals surface area contributed by atoms with E-state index in [1.165, 1.54) is 0 Å². The molecular weight excluding hydrogens is 163 g/mol. The molecule has 54 valence electrons. The van der Waals surface area contributed by atoms with Crippen molar-refractivity contribution in [1.29, 1.82) is 0 Å². The fourth-order valence-corrected chi connectivity index (χ4v) is 0.866. The minimum atomic E-state index is -3.79. The summed E-state index contributed by atoms with van der Waals surface area (Å²) in [5.41, 5.74) is 0. The molecule has 0 bridgehead atoms. The summed E-state index contributed by atoms with van der Waals surface area (Å²) in [6.45, 7) is 0. The van der Waals surface area contributed by atoms with Crippen LogP contribution in [0.2, 0.25) is 0 Å². The van der Waals surface area contributed by atoms with Crippen LogP contribution in [0.15, 0.2) is 0 Å². The molecule has 0 atom stereocenters. The molecule has 0 unspecified atom stereocenters. The van der Waals surface area contributed by atoms with Gasteiger partial charge in [0, 0.05) is 6.42 Å². The fourth-order valence-electron chi connectivity index (χ4n) is 0.357. The molecule has 0 saturated heterocycles. The summed E-state index contributed by atoms with van der Waals surface area (Å²) in [7, 11) is -3.79. The van der Waals surface area contributed by atoms with Crippen molar-refractivity contribution in [1.82, 2.24) is 0 Å². The Kier molecular flexibility index (Phi) is 8.11. The van der Waals surface area contributed by atoms with Crippen molar-refractivity contribution in [3.63, 3.8) is 0 Å². The van der Waals surface area contributed by atoms with Crippen LogP contribution in [-0.4, -0.2) is 48.3 Å². The molecule has 0 aromatic heterocycles. The summed E-state index contributed by atoms with van der Waals surface area (Å²) in [5.74, 6) is 2.03. The maximum absolute atomic E-state index is 9.99. The molecule has 0 heterocycles. The minimum absolute atomic E-state index is 0. The van der Waals surface area contributed by atoms with Crippen LogP contribution in [0.1, 0.15) is 12.8 Å². The van der Waals surface area contributed by atoms with E-state index < -0.39 is 10.1 Å². The van der Waals surface area contributed by atoms with Crippen molar-refractivity contribution < 1.29 is 13.0 Å². The van der Waals surface area contributed by atoms with Crippen molar-refractivity contribution in [3.8, 4) is 12.3 Å². The molecule has 0 aromatic rings. The van der Waals surface area contributed by atoms with Gasteiger partial charge in [0.2, 0.25) is 0 Å². The van der Waals surface area contributed by atoms with Crippen LogP contribution in [0.4, 0.5) is 0 Å². The van der Waals surface area contributed by atoms with E-state index >= 15 is 0 Å². The van der Waals surface area contributed by atoms with Gasteiger partial charge in [-0.3, -0.25) is 4.55 Å². The molecule has 0 spiro atoms. The number of terminal acetylenes is 1. The Morgan fingerprint density at radius 2 is 2.00 bits per heavy atom. The van der Waals surface area contributed by atoms with Crippen LogP contribution in [0.25, 0.3) is 0 Å². The van der Waals surface area contributed by atoms with Gasteiger partial charge in [-0.25, -0.2) is 0 Å². The van der Waals surface area contributed by atoms with Crippen molar-refractivity contribution >= 4 is 39.7 Å². The van der Waals surface area contributed by atoms with E-state index in [9.17, 15) is 8.42 Å². The molecule has 3 nitrogen and oxygen atoms in total. The molecule has 0 aromatic carbocycles. The Morgan fingerprint density at radius 1 is 1.50 bits per heavy atom. The molecule has 10 heavy (non-hydrogen) atoms. The molecule has 0 radical (unpaired) electrons. The first-order chi connectivity index (χ1) is 4.06. The SMILES string of the molecule is C#CCCCS(=O)(=O)O.[NaH]. The van der Waals surface area contributed by atoms with Gasteiger partial charge in [0.25, 0.3) is 10.1 Å². The normalized spacial score (nSPS) is 9.60. The van der Waals surface area contributed by atoms with Gasteiger partial charge >= 0.3 is 29.6 Å². The van der Waals surface area contributed by atoms with E-state index in [2.05, 4.69) is 5.92 Å². The molecule has 0 aliphatic heterocycles. The second kappa shape index (κ2) is 6.20. The number of hydrogen-bond donors (Lipinski definition) is 1. The average molecular weight is 172 g/mol. The Bertz CT molecular complexity index is 201. The molecule has 0 rings (SSSR count). The van der Waals surface area contributed by atoms with Gasteiger partial charge in [-0.2, -0.15) is 8.42 Å². The molecule has 0 saturated carbocycles. The third-order valence-electron chi connectivity index (χ3n) is 0.723. The van der Waals surface area contributed by atoms with Crippen LogP contribution in [0, 0.1) is 12.3 Å². The first-order valence-electron chi connectivity index (χ1n) is 2.45. The van der Waals surface area contributed by atoms with Gasteiger partial charge in [-0.15, -0.1) is 12.3 Å². The van der Waals surface area contributed by atoms with Gasteiger partial charge in [-0.05, 0) is 6.42 Å². The zero-order chi connectivity index (χ0) is 7.33. The summed E-state index contributed by atoms with van der Waals surface area (Å²) in [6.07, 6.45) is 5.55. The van der Waals surface area contributed by atoms with Crippen LogP contribution in [-0.2, 0) is 10.1 Å². The molecule has 0 aliphatic carbocycles. The van der Waals surface area contributed by atoms with Crippen LogP contribution < -0.4 is 0 Å². The monoisotopic (exact) mass is 172 g/mol. The Hall–Kier alpha value is 0.470. The fraction of sp³-hybridized carbons (Fsp3) is 0.600. The molecule has 5 heteroatoms. The molecule has 0 fully saturated rings. The Balaban J connectivity index is 0. The van der Waals surface area contributed by atoms with Gasteiger partial charge in [0.15, 0.2) is 0 Å². The van der Waals surface area contributed by atoms with Crippen molar-refractivity contribution in [2.45, 2.75) is 12.8 Å². The average Bonchev–Trinajstić information content (AvgIpc) is 1.63. The van der Waals surface area contributed by atoms with E-state index in [-0.39, 0.29) is 35.3 Å². The van der Waals surface area contributed by atoms with E-state index in [0.29, 0.717) is 12.8 Å². The predicted molar refractivity (Wildman–Crippen MR) is 41.6 cm³/mol. The van der Waals surface area contributed by atoms with Crippen molar-refractivity contribution in [3.05, 3.63) is 0 Å². The second-order valence-corrected chi connectivity index (χ2v) is 3.17. The van der Waals surface area contributed by atoms with E-state index in [0.717, 1.165) is 0 Å². The third kappa shape index (κ3) is 11.3. The quantitative estimate of drug-likeness (QED) is 0.274. The summed E-state index contributed by atoms with van der Waals surface area (Å²) in [5, 5.41) is 0. The number of unbranched alkanes of at least 4 members (excludes halogenated alkanes) is 1. The van der Waals surface area contributed by atoms with Gasteiger partial charge in [-0.1, -0.05) is 0 Å². The Labute approximate surface area is 83.2 Å². The van der Waals surface area contributed by atoms with E-state index in [1.807, 2.05) is 0 Å². The Morgan fingerprint density at radius 3 is 2.30 bits per heavy atom. The second-order valence-electron chi connectivity index (χ2n) is 1.59. The van der Waals surface area contributed by atoms with Crippen LogP contribution in [0.3, 0.4) is 0 Å². The van der Waals surface area contributed by atoms with Crippen LogP contribution in [0.5, 0.6) is 0 Å². The summed E-state index contributed by atoms with van der Waals surface area (Å²) < 4.78 is 28.1. The first kappa shape index (κ1) is 13.1. The van der Waals surface area contributed by atoms with Gasteiger partial charge < -0.3 is 0 Å². The van der Waals surface area contributed by atoms with Crippen LogP contribution >= 0.6 is 0 Å². The third-order valence-corrected chi connectivity index (χ3v) is 1.53. The van der Waals surface area contributed by atoms with Crippen molar-refractivity contribution in [2.75, 3.05) is 5.75 Å². The van der Waals surface area contributed by atoms with Gasteiger partial charge in [0.1, 0.15) is 0 Å². The maximum atomic E-state index is 9.99. The molecular formula is C5H9NaO3S. The summed E-state index contributed by atoms with van der Waals surface area (Å²) >= 11 is 0. The number of hydrogen-bond acceptors (Lipinski definition) is 2.